The highest BCUT2D eigenvalue weighted by atomic mass is 35.5. The van der Waals surface area contributed by atoms with E-state index < -0.39 is 15.8 Å². The summed E-state index contributed by atoms with van der Waals surface area (Å²) < 4.78 is 39.6. The maximum absolute atomic E-state index is 13.1. The van der Waals surface area contributed by atoms with Crippen LogP contribution in [0.15, 0.2) is 23.1 Å². The molecule has 1 aromatic heterocycles. The van der Waals surface area contributed by atoms with Gasteiger partial charge in [-0.15, -0.1) is 0 Å². The van der Waals surface area contributed by atoms with Crippen LogP contribution in [0.1, 0.15) is 11.3 Å². The molecule has 0 fully saturated rings. The minimum Gasteiger partial charge on any atom is -0.280 e. The van der Waals surface area contributed by atoms with Gasteiger partial charge < -0.3 is 0 Å². The summed E-state index contributed by atoms with van der Waals surface area (Å²) in [5.41, 5.74) is 1.40. The third-order valence-corrected chi connectivity index (χ3v) is 4.49. The predicted molar refractivity (Wildman–Crippen MR) is 70.3 cm³/mol. The molecule has 0 atom stereocenters. The first kappa shape index (κ1) is 13.8. The number of aromatic amines is 1. The maximum Gasteiger partial charge on any atom is 0.264 e. The van der Waals surface area contributed by atoms with E-state index in [0.717, 1.165) is 17.8 Å². The van der Waals surface area contributed by atoms with Gasteiger partial charge in [0.15, 0.2) is 5.82 Å². The lowest BCUT2D eigenvalue weighted by Crippen LogP contribution is -2.14. The van der Waals surface area contributed by atoms with E-state index in [1.54, 1.807) is 13.8 Å². The number of H-pyrrole nitrogens is 1. The predicted octanol–water partition coefficient (Wildman–Crippen LogP) is 2.62. The van der Waals surface area contributed by atoms with Gasteiger partial charge in [-0.05, 0) is 32.0 Å². The zero-order valence-electron chi connectivity index (χ0n) is 10.2. The summed E-state index contributed by atoms with van der Waals surface area (Å²) in [4.78, 5) is -0.325. The van der Waals surface area contributed by atoms with Crippen molar-refractivity contribution in [3.05, 3.63) is 40.3 Å². The van der Waals surface area contributed by atoms with Crippen molar-refractivity contribution in [2.45, 2.75) is 18.7 Å². The number of aromatic nitrogens is 2. The van der Waals surface area contributed by atoms with Gasteiger partial charge in [0.2, 0.25) is 0 Å². The Balaban J connectivity index is 2.43. The van der Waals surface area contributed by atoms with Gasteiger partial charge in [-0.25, -0.2) is 12.8 Å². The SMILES string of the molecule is Cc1[nH]nc(NS(=O)(=O)c2cc(F)ccc2Cl)c1C. The lowest BCUT2D eigenvalue weighted by atomic mass is 10.3. The Morgan fingerprint density at radius 2 is 2.05 bits per heavy atom. The van der Waals surface area contributed by atoms with E-state index in [4.69, 9.17) is 11.6 Å². The highest BCUT2D eigenvalue weighted by Crippen LogP contribution is 2.25. The van der Waals surface area contributed by atoms with Crippen molar-refractivity contribution >= 4 is 27.4 Å². The molecule has 19 heavy (non-hydrogen) atoms. The van der Waals surface area contributed by atoms with Gasteiger partial charge in [0.05, 0.1) is 5.02 Å². The highest BCUT2D eigenvalue weighted by molar-refractivity contribution is 7.92. The van der Waals surface area contributed by atoms with Gasteiger partial charge in [-0.1, -0.05) is 11.6 Å². The fourth-order valence-corrected chi connectivity index (χ4v) is 3.03. The number of sulfonamides is 1. The van der Waals surface area contributed by atoms with E-state index in [1.807, 2.05) is 0 Å². The molecule has 1 heterocycles. The molecule has 0 aliphatic carbocycles. The van der Waals surface area contributed by atoms with Crippen LogP contribution in [0.3, 0.4) is 0 Å². The fraction of sp³-hybridized carbons (Fsp3) is 0.182. The normalized spacial score (nSPS) is 11.6. The lowest BCUT2D eigenvalue weighted by Gasteiger charge is -2.08. The lowest BCUT2D eigenvalue weighted by molar-refractivity contribution is 0.595. The Labute approximate surface area is 114 Å². The van der Waals surface area contributed by atoms with Crippen molar-refractivity contribution in [1.82, 2.24) is 10.2 Å². The standard InChI is InChI=1S/C11H11ClFN3O2S/c1-6-7(2)14-15-11(6)16-19(17,18)10-5-8(13)3-4-9(10)12/h3-5H,1-2H3,(H2,14,15,16). The number of hydrogen-bond acceptors (Lipinski definition) is 3. The van der Waals surface area contributed by atoms with Gasteiger partial charge in [-0.3, -0.25) is 9.82 Å². The molecule has 1 aromatic carbocycles. The average molecular weight is 304 g/mol. The van der Waals surface area contributed by atoms with Crippen molar-refractivity contribution in [2.75, 3.05) is 4.72 Å². The average Bonchev–Trinajstić information content (AvgIpc) is 2.63. The number of hydrogen-bond donors (Lipinski definition) is 2. The summed E-state index contributed by atoms with van der Waals surface area (Å²) in [6.45, 7) is 3.47. The summed E-state index contributed by atoms with van der Waals surface area (Å²) in [5.74, 6) is -0.516. The second kappa shape index (κ2) is 4.82. The number of nitrogens with zero attached hydrogens (tertiary/aromatic N) is 1. The van der Waals surface area contributed by atoms with E-state index in [0.29, 0.717) is 5.56 Å². The Hall–Kier alpha value is -1.60. The topological polar surface area (TPSA) is 74.8 Å². The summed E-state index contributed by atoms with van der Waals surface area (Å²) in [6, 6.07) is 3.14. The van der Waals surface area contributed by atoms with Gasteiger partial charge in [0.25, 0.3) is 10.0 Å². The molecular weight excluding hydrogens is 293 g/mol. The van der Waals surface area contributed by atoms with Gasteiger partial charge in [-0.2, -0.15) is 5.10 Å². The van der Waals surface area contributed by atoms with E-state index in [9.17, 15) is 12.8 Å². The molecule has 0 aliphatic heterocycles. The molecule has 0 spiro atoms. The van der Waals surface area contributed by atoms with E-state index in [-0.39, 0.29) is 15.7 Å². The van der Waals surface area contributed by atoms with Gasteiger partial charge >= 0.3 is 0 Å². The summed E-state index contributed by atoms with van der Waals surface area (Å²) in [6.07, 6.45) is 0. The molecule has 0 unspecified atom stereocenters. The van der Waals surface area contributed by atoms with Crippen LogP contribution in [-0.2, 0) is 10.0 Å². The molecular formula is C11H11ClFN3O2S. The Kier molecular flexibility index (Phi) is 3.51. The van der Waals surface area contributed by atoms with E-state index in [1.165, 1.54) is 6.07 Å². The third-order valence-electron chi connectivity index (χ3n) is 2.67. The minimum atomic E-state index is -3.98. The van der Waals surface area contributed by atoms with E-state index >= 15 is 0 Å². The molecule has 2 aromatic rings. The molecule has 0 radical (unpaired) electrons. The molecule has 8 heteroatoms. The van der Waals surface area contributed by atoms with Crippen molar-refractivity contribution in [3.63, 3.8) is 0 Å². The van der Waals surface area contributed by atoms with Gasteiger partial charge in [0.1, 0.15) is 10.7 Å². The quantitative estimate of drug-likeness (QED) is 0.915. The first-order chi connectivity index (χ1) is 8.81. The molecule has 0 amide bonds. The number of rotatable bonds is 3. The van der Waals surface area contributed by atoms with Crippen molar-refractivity contribution in [2.24, 2.45) is 0 Å². The van der Waals surface area contributed by atoms with Crippen molar-refractivity contribution < 1.29 is 12.8 Å². The Morgan fingerprint density at radius 3 is 2.63 bits per heavy atom. The van der Waals surface area contributed by atoms with Crippen LogP contribution in [0.2, 0.25) is 5.02 Å². The summed E-state index contributed by atoms with van der Waals surface area (Å²) >= 11 is 5.78. The van der Waals surface area contributed by atoms with Gasteiger partial charge in [0, 0.05) is 11.3 Å². The Morgan fingerprint density at radius 1 is 1.37 bits per heavy atom. The monoisotopic (exact) mass is 303 g/mol. The largest absolute Gasteiger partial charge is 0.280 e. The molecule has 0 bridgehead atoms. The van der Waals surface area contributed by atoms with Crippen LogP contribution in [0.4, 0.5) is 10.2 Å². The molecule has 0 saturated carbocycles. The number of benzene rings is 1. The molecule has 0 aliphatic rings. The zero-order valence-corrected chi connectivity index (χ0v) is 11.7. The van der Waals surface area contributed by atoms with Crippen LogP contribution in [0.25, 0.3) is 0 Å². The van der Waals surface area contributed by atoms with Crippen LogP contribution < -0.4 is 4.72 Å². The van der Waals surface area contributed by atoms with Crippen molar-refractivity contribution in [1.29, 1.82) is 0 Å². The Bertz CT molecular complexity index is 728. The smallest absolute Gasteiger partial charge is 0.264 e. The molecule has 102 valence electrons. The van der Waals surface area contributed by atoms with E-state index in [2.05, 4.69) is 14.9 Å². The maximum atomic E-state index is 13.1. The third kappa shape index (κ3) is 2.71. The first-order valence-electron chi connectivity index (χ1n) is 5.30. The summed E-state index contributed by atoms with van der Waals surface area (Å²) in [5, 5.41) is 6.42. The number of anilines is 1. The van der Waals surface area contributed by atoms with Crippen LogP contribution >= 0.6 is 11.6 Å². The highest BCUT2D eigenvalue weighted by Gasteiger charge is 2.21. The summed E-state index contributed by atoms with van der Waals surface area (Å²) in [7, 11) is -3.98. The molecule has 5 nitrogen and oxygen atoms in total. The first-order valence-corrected chi connectivity index (χ1v) is 7.17. The molecule has 2 N–H and O–H groups in total. The minimum absolute atomic E-state index is 0.0567. The second-order valence-corrected chi connectivity index (χ2v) is 6.06. The van der Waals surface area contributed by atoms with Crippen molar-refractivity contribution in [3.8, 4) is 0 Å². The van der Waals surface area contributed by atoms with Crippen LogP contribution in [0.5, 0.6) is 0 Å². The molecule has 2 rings (SSSR count). The fourth-order valence-electron chi connectivity index (χ4n) is 1.45. The van der Waals surface area contributed by atoms with Crippen LogP contribution in [0, 0.1) is 19.7 Å². The van der Waals surface area contributed by atoms with Crippen LogP contribution in [-0.4, -0.2) is 18.6 Å². The second-order valence-electron chi connectivity index (χ2n) is 4.00. The number of nitrogens with one attached hydrogen (secondary N) is 2. The molecule has 0 saturated heterocycles. The zero-order chi connectivity index (χ0) is 14.2. The number of aryl methyl sites for hydroxylation is 1. The number of halogens is 2.